The van der Waals surface area contributed by atoms with E-state index in [4.69, 9.17) is 0 Å². The molecule has 4 rings (SSSR count). The summed E-state index contributed by atoms with van der Waals surface area (Å²) in [6, 6.07) is 24.1. The second kappa shape index (κ2) is 7.69. The lowest BCUT2D eigenvalue weighted by Gasteiger charge is -2.27. The molecule has 0 saturated carbocycles. The van der Waals surface area contributed by atoms with Crippen molar-refractivity contribution in [3.05, 3.63) is 101 Å². The van der Waals surface area contributed by atoms with Gasteiger partial charge in [-0.3, -0.25) is 9.59 Å². The lowest BCUT2D eigenvalue weighted by Crippen LogP contribution is -2.37. The number of carbonyl (C=O) groups excluding carboxylic acids is 2. The second-order valence-electron chi connectivity index (χ2n) is 6.90. The number of nitrogens with zero attached hydrogens (tertiary/aromatic N) is 1. The summed E-state index contributed by atoms with van der Waals surface area (Å²) in [5, 5.41) is 3.05. The first-order valence-corrected chi connectivity index (χ1v) is 9.51. The quantitative estimate of drug-likeness (QED) is 0.714. The molecule has 0 bridgehead atoms. The molecule has 4 nitrogen and oxygen atoms in total. The van der Waals surface area contributed by atoms with Gasteiger partial charge in [-0.05, 0) is 35.2 Å². The number of hydrogen-bond donors (Lipinski definition) is 1. The fraction of sp³-hybridized carbons (Fsp3) is 0.167. The standard InChI is InChI=1S/C24H22N2O2/c1-2-17-10-7-9-15-21(17)25-23(27)22(18-11-4-3-5-12-18)26-16-19-13-6-8-14-20(19)24(26)28/h3-15,22H,2,16H2,1H3,(H,25,27)/t22-/m1/s1. The minimum absolute atomic E-state index is 0.108. The molecule has 0 aromatic heterocycles. The first kappa shape index (κ1) is 18.0. The van der Waals surface area contributed by atoms with Gasteiger partial charge in [-0.25, -0.2) is 0 Å². The Morgan fingerprint density at radius 3 is 2.39 bits per heavy atom. The van der Waals surface area contributed by atoms with E-state index in [9.17, 15) is 9.59 Å². The number of rotatable bonds is 5. The van der Waals surface area contributed by atoms with Crippen LogP contribution in [-0.2, 0) is 17.8 Å². The lowest BCUT2D eigenvalue weighted by atomic mass is 10.0. The molecule has 1 N–H and O–H groups in total. The van der Waals surface area contributed by atoms with Crippen LogP contribution in [-0.4, -0.2) is 16.7 Å². The van der Waals surface area contributed by atoms with Crippen molar-refractivity contribution in [2.45, 2.75) is 25.9 Å². The minimum atomic E-state index is -0.689. The van der Waals surface area contributed by atoms with Crippen LogP contribution in [0.15, 0.2) is 78.9 Å². The van der Waals surface area contributed by atoms with Crippen LogP contribution in [0.25, 0.3) is 0 Å². The summed E-state index contributed by atoms with van der Waals surface area (Å²) in [7, 11) is 0. The Bertz CT molecular complexity index is 1010. The molecule has 1 atom stereocenters. The number of para-hydroxylation sites is 1. The molecule has 3 aromatic rings. The van der Waals surface area contributed by atoms with Crippen molar-refractivity contribution in [3.8, 4) is 0 Å². The number of benzene rings is 3. The third-order valence-electron chi connectivity index (χ3n) is 5.18. The van der Waals surface area contributed by atoms with Gasteiger partial charge in [0.2, 0.25) is 0 Å². The molecule has 3 aromatic carbocycles. The van der Waals surface area contributed by atoms with Crippen LogP contribution in [0.5, 0.6) is 0 Å². The smallest absolute Gasteiger partial charge is 0.255 e. The van der Waals surface area contributed by atoms with E-state index in [1.165, 1.54) is 0 Å². The SMILES string of the molecule is CCc1ccccc1NC(=O)[C@@H](c1ccccc1)N1Cc2ccccc2C1=O. The van der Waals surface area contributed by atoms with E-state index in [-0.39, 0.29) is 11.8 Å². The van der Waals surface area contributed by atoms with Crippen molar-refractivity contribution < 1.29 is 9.59 Å². The highest BCUT2D eigenvalue weighted by molar-refractivity contribution is 6.04. The number of hydrogen-bond acceptors (Lipinski definition) is 2. The number of aryl methyl sites for hydroxylation is 1. The molecule has 0 aliphatic carbocycles. The van der Waals surface area contributed by atoms with Crippen molar-refractivity contribution in [1.29, 1.82) is 0 Å². The Hall–Kier alpha value is -3.40. The van der Waals surface area contributed by atoms with Gasteiger partial charge in [0, 0.05) is 17.8 Å². The first-order chi connectivity index (χ1) is 13.7. The average molecular weight is 370 g/mol. The molecule has 28 heavy (non-hydrogen) atoms. The van der Waals surface area contributed by atoms with Crippen LogP contribution in [0.3, 0.4) is 0 Å². The van der Waals surface area contributed by atoms with Gasteiger partial charge in [0.05, 0.1) is 0 Å². The van der Waals surface area contributed by atoms with E-state index in [2.05, 4.69) is 12.2 Å². The van der Waals surface area contributed by atoms with Crippen LogP contribution in [0.4, 0.5) is 5.69 Å². The van der Waals surface area contributed by atoms with Crippen LogP contribution in [0.1, 0.15) is 40.0 Å². The highest BCUT2D eigenvalue weighted by Gasteiger charge is 2.37. The van der Waals surface area contributed by atoms with Gasteiger partial charge >= 0.3 is 0 Å². The maximum absolute atomic E-state index is 13.4. The summed E-state index contributed by atoms with van der Waals surface area (Å²) >= 11 is 0. The van der Waals surface area contributed by atoms with Crippen LogP contribution in [0.2, 0.25) is 0 Å². The molecule has 2 amide bonds. The zero-order valence-corrected chi connectivity index (χ0v) is 15.8. The monoisotopic (exact) mass is 370 g/mol. The summed E-state index contributed by atoms with van der Waals surface area (Å²) in [6.45, 7) is 2.48. The number of fused-ring (bicyclic) bond motifs is 1. The average Bonchev–Trinajstić information content (AvgIpc) is 3.06. The lowest BCUT2D eigenvalue weighted by molar-refractivity contribution is -0.120. The molecule has 0 spiro atoms. The van der Waals surface area contributed by atoms with Gasteiger partial charge in [-0.2, -0.15) is 0 Å². The molecule has 0 saturated heterocycles. The van der Waals surface area contributed by atoms with Gasteiger partial charge in [0.15, 0.2) is 0 Å². The van der Waals surface area contributed by atoms with Crippen LogP contribution < -0.4 is 5.32 Å². The predicted octanol–water partition coefficient (Wildman–Crippen LogP) is 4.58. The maximum atomic E-state index is 13.4. The zero-order valence-electron chi connectivity index (χ0n) is 15.8. The number of anilines is 1. The Kier molecular flexibility index (Phi) is 4.94. The fourth-order valence-corrected chi connectivity index (χ4v) is 3.75. The normalized spacial score (nSPS) is 13.9. The van der Waals surface area contributed by atoms with Crippen LogP contribution in [0, 0.1) is 0 Å². The van der Waals surface area contributed by atoms with Crippen molar-refractivity contribution in [2.75, 3.05) is 5.32 Å². The summed E-state index contributed by atoms with van der Waals surface area (Å²) in [5.74, 6) is -0.309. The third-order valence-corrected chi connectivity index (χ3v) is 5.18. The number of amides is 2. The van der Waals surface area contributed by atoms with Gasteiger partial charge in [-0.15, -0.1) is 0 Å². The molecule has 4 heteroatoms. The molecule has 140 valence electrons. The van der Waals surface area contributed by atoms with Gasteiger partial charge in [-0.1, -0.05) is 73.7 Å². The summed E-state index contributed by atoms with van der Waals surface area (Å²) in [6.07, 6.45) is 0.820. The maximum Gasteiger partial charge on any atom is 0.255 e. The van der Waals surface area contributed by atoms with E-state index in [1.807, 2.05) is 78.9 Å². The van der Waals surface area contributed by atoms with Crippen molar-refractivity contribution in [3.63, 3.8) is 0 Å². The molecule has 1 aliphatic rings. The van der Waals surface area contributed by atoms with Gasteiger partial charge in [0.25, 0.3) is 11.8 Å². The van der Waals surface area contributed by atoms with E-state index in [0.717, 1.165) is 28.8 Å². The van der Waals surface area contributed by atoms with E-state index < -0.39 is 6.04 Å². The minimum Gasteiger partial charge on any atom is -0.324 e. The number of nitrogens with one attached hydrogen (secondary N) is 1. The highest BCUT2D eigenvalue weighted by atomic mass is 16.2. The predicted molar refractivity (Wildman–Crippen MR) is 110 cm³/mol. The van der Waals surface area contributed by atoms with Gasteiger partial charge < -0.3 is 10.2 Å². The molecule has 0 unspecified atom stereocenters. The Morgan fingerprint density at radius 1 is 0.964 bits per heavy atom. The molecule has 0 radical (unpaired) electrons. The molecule has 1 heterocycles. The van der Waals surface area contributed by atoms with Crippen molar-refractivity contribution in [1.82, 2.24) is 4.90 Å². The highest BCUT2D eigenvalue weighted by Crippen LogP contribution is 2.32. The van der Waals surface area contributed by atoms with Gasteiger partial charge in [0.1, 0.15) is 6.04 Å². The summed E-state index contributed by atoms with van der Waals surface area (Å²) < 4.78 is 0. The fourth-order valence-electron chi connectivity index (χ4n) is 3.75. The molecule has 1 aliphatic heterocycles. The first-order valence-electron chi connectivity index (χ1n) is 9.51. The third kappa shape index (κ3) is 3.29. The molecular formula is C24H22N2O2. The molecule has 0 fully saturated rings. The largest absolute Gasteiger partial charge is 0.324 e. The van der Waals surface area contributed by atoms with Crippen molar-refractivity contribution >= 4 is 17.5 Å². The Labute approximate surface area is 164 Å². The van der Waals surface area contributed by atoms with E-state index in [1.54, 1.807) is 4.90 Å². The van der Waals surface area contributed by atoms with E-state index in [0.29, 0.717) is 12.1 Å². The summed E-state index contributed by atoms with van der Waals surface area (Å²) in [5.41, 5.74) is 4.29. The molecular weight excluding hydrogens is 348 g/mol. The second-order valence-corrected chi connectivity index (χ2v) is 6.90. The zero-order chi connectivity index (χ0) is 19.5. The summed E-state index contributed by atoms with van der Waals surface area (Å²) in [4.78, 5) is 28.1. The Morgan fingerprint density at radius 2 is 1.64 bits per heavy atom. The van der Waals surface area contributed by atoms with Crippen molar-refractivity contribution in [2.24, 2.45) is 0 Å². The van der Waals surface area contributed by atoms with Crippen LogP contribution >= 0.6 is 0 Å². The Balaban J connectivity index is 1.69. The number of carbonyl (C=O) groups is 2. The van der Waals surface area contributed by atoms with E-state index >= 15 is 0 Å². The topological polar surface area (TPSA) is 49.4 Å².